The summed E-state index contributed by atoms with van der Waals surface area (Å²) in [5.41, 5.74) is 9.19. The summed E-state index contributed by atoms with van der Waals surface area (Å²) >= 11 is 0. The third kappa shape index (κ3) is 3.86. The molecule has 1 fully saturated rings. The Hall–Kier alpha value is -3.28. The van der Waals surface area contributed by atoms with Gasteiger partial charge >= 0.3 is 0 Å². The molecule has 28 heavy (non-hydrogen) atoms. The maximum Gasteiger partial charge on any atom is 0.241 e. The number of aromatic nitrogens is 1. The Kier molecular flexibility index (Phi) is 5.02. The van der Waals surface area contributed by atoms with Gasteiger partial charge in [0.25, 0.3) is 0 Å². The fourth-order valence-electron chi connectivity index (χ4n) is 3.34. The van der Waals surface area contributed by atoms with Crippen LogP contribution in [0.3, 0.4) is 0 Å². The lowest BCUT2D eigenvalue weighted by molar-refractivity contribution is -0.129. The molecule has 0 saturated heterocycles. The smallest absolute Gasteiger partial charge is 0.241 e. The lowest BCUT2D eigenvalue weighted by Crippen LogP contribution is -2.42. The Morgan fingerprint density at radius 1 is 1.07 bits per heavy atom. The number of fused-ring (bicyclic) bond motifs is 1. The maximum absolute atomic E-state index is 12.2. The van der Waals surface area contributed by atoms with Gasteiger partial charge in [-0.1, -0.05) is 18.2 Å². The molecule has 2 amide bonds. The van der Waals surface area contributed by atoms with Gasteiger partial charge in [0.1, 0.15) is 5.75 Å². The number of carbonyl (C=O) groups excluding carboxylic acids is 2. The van der Waals surface area contributed by atoms with Gasteiger partial charge in [-0.25, -0.2) is 0 Å². The van der Waals surface area contributed by atoms with Crippen molar-refractivity contribution >= 4 is 22.7 Å². The highest BCUT2D eigenvalue weighted by Crippen LogP contribution is 2.32. The highest BCUT2D eigenvalue weighted by molar-refractivity contribution is 5.91. The van der Waals surface area contributed by atoms with Crippen LogP contribution in [0, 0.1) is 5.92 Å². The molecule has 0 aliphatic heterocycles. The minimum absolute atomic E-state index is 0.0654. The number of hydrogen-bond acceptors (Lipinski definition) is 3. The number of hydrazine groups is 1. The molecule has 3 aromatic rings. The van der Waals surface area contributed by atoms with Gasteiger partial charge in [0.2, 0.25) is 11.8 Å². The zero-order chi connectivity index (χ0) is 19.5. The van der Waals surface area contributed by atoms with Gasteiger partial charge in [-0.3, -0.25) is 20.4 Å². The first-order chi connectivity index (χ1) is 13.7. The number of benzene rings is 2. The zero-order valence-corrected chi connectivity index (χ0v) is 15.7. The Balaban J connectivity index is 1.52. The van der Waals surface area contributed by atoms with Crippen LogP contribution in [0.2, 0.25) is 0 Å². The second-order valence-electron chi connectivity index (χ2n) is 7.06. The van der Waals surface area contributed by atoms with Crippen molar-refractivity contribution in [3.05, 3.63) is 54.1 Å². The molecule has 0 bridgehead atoms. The molecule has 6 heteroatoms. The summed E-state index contributed by atoms with van der Waals surface area (Å²) in [6.07, 6.45) is 2.66. The first-order valence-corrected chi connectivity index (χ1v) is 9.48. The van der Waals surface area contributed by atoms with Crippen LogP contribution in [0.25, 0.3) is 22.2 Å². The van der Waals surface area contributed by atoms with Crippen LogP contribution in [0.1, 0.15) is 24.8 Å². The SMILES string of the molecule is COc1ccc(-c2[nH]c3ccccc3c2CCC(=O)NNC(=O)C2CC2)cc1. The van der Waals surface area contributed by atoms with Crippen LogP contribution in [0.5, 0.6) is 5.75 Å². The summed E-state index contributed by atoms with van der Waals surface area (Å²) < 4.78 is 5.24. The number of rotatable bonds is 6. The van der Waals surface area contributed by atoms with Gasteiger partial charge in [0.05, 0.1) is 7.11 Å². The zero-order valence-electron chi connectivity index (χ0n) is 15.7. The van der Waals surface area contributed by atoms with Crippen molar-refractivity contribution in [3.8, 4) is 17.0 Å². The number of nitrogens with one attached hydrogen (secondary N) is 3. The van der Waals surface area contributed by atoms with E-state index in [1.54, 1.807) is 7.11 Å². The highest BCUT2D eigenvalue weighted by atomic mass is 16.5. The third-order valence-electron chi connectivity index (χ3n) is 5.07. The second kappa shape index (κ2) is 7.76. The van der Waals surface area contributed by atoms with Crippen LogP contribution in [0.15, 0.2) is 48.5 Å². The summed E-state index contributed by atoms with van der Waals surface area (Å²) in [7, 11) is 1.64. The molecule has 1 aliphatic rings. The van der Waals surface area contributed by atoms with E-state index in [0.717, 1.165) is 46.3 Å². The molecule has 6 nitrogen and oxygen atoms in total. The minimum atomic E-state index is -0.194. The molecular weight excluding hydrogens is 354 g/mol. The van der Waals surface area contributed by atoms with Crippen molar-refractivity contribution in [1.82, 2.24) is 15.8 Å². The summed E-state index contributed by atoms with van der Waals surface area (Å²) in [6, 6.07) is 15.9. The Labute approximate surface area is 163 Å². The Morgan fingerprint density at radius 2 is 1.82 bits per heavy atom. The summed E-state index contributed by atoms with van der Waals surface area (Å²) in [6.45, 7) is 0. The van der Waals surface area contributed by atoms with Crippen LogP contribution >= 0.6 is 0 Å². The molecule has 0 radical (unpaired) electrons. The predicted octanol–water partition coefficient (Wildman–Crippen LogP) is 3.33. The van der Waals surface area contributed by atoms with Crippen LogP contribution in [-0.4, -0.2) is 23.9 Å². The number of H-pyrrole nitrogens is 1. The summed E-state index contributed by atoms with van der Waals surface area (Å²) in [4.78, 5) is 27.3. The first kappa shape index (κ1) is 18.1. The van der Waals surface area contributed by atoms with Gasteiger partial charge in [-0.15, -0.1) is 0 Å². The predicted molar refractivity (Wildman–Crippen MR) is 108 cm³/mol. The number of aromatic amines is 1. The van der Waals surface area contributed by atoms with E-state index >= 15 is 0 Å². The molecule has 0 unspecified atom stereocenters. The van der Waals surface area contributed by atoms with E-state index in [4.69, 9.17) is 4.74 Å². The van der Waals surface area contributed by atoms with E-state index in [2.05, 4.69) is 21.9 Å². The van der Waals surface area contributed by atoms with Crippen molar-refractivity contribution in [2.75, 3.05) is 7.11 Å². The van der Waals surface area contributed by atoms with Crippen molar-refractivity contribution < 1.29 is 14.3 Å². The minimum Gasteiger partial charge on any atom is -0.497 e. The highest BCUT2D eigenvalue weighted by Gasteiger charge is 2.29. The molecule has 1 aromatic heterocycles. The number of ether oxygens (including phenoxy) is 1. The van der Waals surface area contributed by atoms with Crippen LogP contribution < -0.4 is 15.6 Å². The first-order valence-electron chi connectivity index (χ1n) is 9.48. The molecule has 2 aromatic carbocycles. The molecular formula is C22H23N3O3. The van der Waals surface area contributed by atoms with Crippen molar-refractivity contribution in [1.29, 1.82) is 0 Å². The van der Waals surface area contributed by atoms with Gasteiger partial charge in [-0.2, -0.15) is 0 Å². The molecule has 3 N–H and O–H groups in total. The number of para-hydroxylation sites is 1. The van der Waals surface area contributed by atoms with Crippen molar-refractivity contribution in [3.63, 3.8) is 0 Å². The number of carbonyl (C=O) groups is 2. The number of methoxy groups -OCH3 is 1. The maximum atomic E-state index is 12.2. The van der Waals surface area contributed by atoms with E-state index in [1.807, 2.05) is 42.5 Å². The van der Waals surface area contributed by atoms with Crippen LogP contribution in [-0.2, 0) is 16.0 Å². The summed E-state index contributed by atoms with van der Waals surface area (Å²) in [5.74, 6) is 0.571. The molecule has 0 spiro atoms. The lowest BCUT2D eigenvalue weighted by atomic mass is 10.0. The molecule has 4 rings (SSSR count). The van der Waals surface area contributed by atoms with E-state index < -0.39 is 0 Å². The standard InChI is InChI=1S/C22H23N3O3/c1-28-16-10-8-14(9-11-16)21-18(17-4-2-3-5-19(17)23-21)12-13-20(26)24-25-22(27)15-6-7-15/h2-5,8-11,15,23H,6-7,12-13H2,1H3,(H,24,26)(H,25,27). The third-order valence-corrected chi connectivity index (χ3v) is 5.07. The largest absolute Gasteiger partial charge is 0.497 e. The number of aryl methyl sites for hydroxylation is 1. The van der Waals surface area contributed by atoms with E-state index in [0.29, 0.717) is 6.42 Å². The van der Waals surface area contributed by atoms with Crippen molar-refractivity contribution in [2.45, 2.75) is 25.7 Å². The quantitative estimate of drug-likeness (QED) is 0.576. The molecule has 0 atom stereocenters. The normalized spacial score (nSPS) is 13.3. The Bertz CT molecular complexity index is 1000. The fraction of sp³-hybridized carbons (Fsp3) is 0.273. The van der Waals surface area contributed by atoms with E-state index in [9.17, 15) is 9.59 Å². The van der Waals surface area contributed by atoms with Gasteiger partial charge in [0, 0.05) is 28.9 Å². The van der Waals surface area contributed by atoms with Crippen molar-refractivity contribution in [2.24, 2.45) is 5.92 Å². The lowest BCUT2D eigenvalue weighted by Gasteiger charge is -2.08. The summed E-state index contributed by atoms with van der Waals surface area (Å²) in [5, 5.41) is 1.10. The monoisotopic (exact) mass is 377 g/mol. The molecule has 1 aliphatic carbocycles. The van der Waals surface area contributed by atoms with Gasteiger partial charge < -0.3 is 9.72 Å². The van der Waals surface area contributed by atoms with E-state index in [-0.39, 0.29) is 24.2 Å². The fourth-order valence-corrected chi connectivity index (χ4v) is 3.34. The molecule has 1 saturated carbocycles. The second-order valence-corrected chi connectivity index (χ2v) is 7.06. The van der Waals surface area contributed by atoms with Crippen LogP contribution in [0.4, 0.5) is 0 Å². The Morgan fingerprint density at radius 3 is 2.54 bits per heavy atom. The average molecular weight is 377 g/mol. The average Bonchev–Trinajstić information content (AvgIpc) is 3.52. The topological polar surface area (TPSA) is 83.2 Å². The number of amides is 2. The van der Waals surface area contributed by atoms with Gasteiger partial charge in [0.15, 0.2) is 0 Å². The van der Waals surface area contributed by atoms with Gasteiger partial charge in [-0.05, 0) is 60.7 Å². The van der Waals surface area contributed by atoms with E-state index in [1.165, 1.54) is 0 Å². The molecule has 1 heterocycles. The number of hydrogen-bond donors (Lipinski definition) is 3. The molecule has 144 valence electrons.